The van der Waals surface area contributed by atoms with Crippen LogP contribution in [0.5, 0.6) is 0 Å². The number of nitro benzene ring substituents is 1. The fourth-order valence-corrected chi connectivity index (χ4v) is 4.53. The van der Waals surface area contributed by atoms with Gasteiger partial charge in [0.1, 0.15) is 6.04 Å². The van der Waals surface area contributed by atoms with E-state index in [0.717, 1.165) is 17.5 Å². The van der Waals surface area contributed by atoms with Gasteiger partial charge in [0.05, 0.1) is 31.9 Å². The van der Waals surface area contributed by atoms with Gasteiger partial charge in [-0.1, -0.05) is 17.7 Å². The summed E-state index contributed by atoms with van der Waals surface area (Å²) in [5.41, 5.74) is 2.10. The summed E-state index contributed by atoms with van der Waals surface area (Å²) in [6, 6.07) is 9.13. The third kappa shape index (κ3) is 5.32. The third-order valence-corrected chi connectivity index (χ3v) is 6.65. The van der Waals surface area contributed by atoms with Gasteiger partial charge in [0.25, 0.3) is 15.7 Å². The molecule has 33 heavy (non-hydrogen) atoms. The molecular weight excluding hydrogens is 470 g/mol. The first kappa shape index (κ1) is 24.2. The van der Waals surface area contributed by atoms with E-state index in [1.165, 1.54) is 37.3 Å². The van der Waals surface area contributed by atoms with Crippen LogP contribution in [0, 0.1) is 30.9 Å². The van der Waals surface area contributed by atoms with Crippen molar-refractivity contribution >= 4 is 44.6 Å². The highest BCUT2D eigenvalue weighted by Crippen LogP contribution is 2.29. The molecule has 10 nitrogen and oxygen atoms in total. The first-order chi connectivity index (χ1) is 15.4. The van der Waals surface area contributed by atoms with E-state index in [9.17, 15) is 23.3 Å². The number of nitrogens with one attached hydrogen (secondary N) is 2. The molecule has 0 aliphatic rings. The Bertz CT molecular complexity index is 1350. The molecule has 2 N–H and O–H groups in total. The molecule has 1 amide bonds. The van der Waals surface area contributed by atoms with Crippen LogP contribution < -0.4 is 10.0 Å². The molecule has 0 saturated carbocycles. The molecule has 3 aromatic rings. The molecule has 1 atom stereocenters. The number of hydrogen-bond acceptors (Lipinski definition) is 6. The minimum atomic E-state index is -4.10. The van der Waals surface area contributed by atoms with Crippen molar-refractivity contribution in [3.63, 3.8) is 0 Å². The van der Waals surface area contributed by atoms with Crippen molar-refractivity contribution in [2.24, 2.45) is 0 Å². The lowest BCUT2D eigenvalue weighted by Gasteiger charge is -2.16. The zero-order valence-corrected chi connectivity index (χ0v) is 19.9. The number of hydrogen-bond donors (Lipinski definition) is 2. The fourth-order valence-electron chi connectivity index (χ4n) is 3.23. The van der Waals surface area contributed by atoms with Gasteiger partial charge in [0.15, 0.2) is 0 Å². The van der Waals surface area contributed by atoms with E-state index < -0.39 is 21.0 Å². The maximum atomic E-state index is 12.7. The smallest absolute Gasteiger partial charge is 0.273 e. The topological polar surface area (TPSA) is 136 Å². The minimum Gasteiger partial charge on any atom is -0.323 e. The quantitative estimate of drug-likeness (QED) is 0.372. The minimum absolute atomic E-state index is 0.110. The number of benzene rings is 2. The van der Waals surface area contributed by atoms with Gasteiger partial charge >= 0.3 is 0 Å². The lowest BCUT2D eigenvalue weighted by molar-refractivity contribution is -0.385. The first-order valence-electron chi connectivity index (χ1n) is 9.80. The highest BCUT2D eigenvalue weighted by molar-refractivity contribution is 7.92. The summed E-state index contributed by atoms with van der Waals surface area (Å²) in [7, 11) is -4.10. The number of carbonyl (C=O) groups excluding carboxylic acids is 1. The van der Waals surface area contributed by atoms with Crippen LogP contribution in [0.3, 0.4) is 0 Å². The Morgan fingerprint density at radius 1 is 1.15 bits per heavy atom. The average molecular weight is 492 g/mol. The zero-order valence-electron chi connectivity index (χ0n) is 18.3. The zero-order chi connectivity index (χ0) is 24.5. The van der Waals surface area contributed by atoms with Crippen LogP contribution in [0.15, 0.2) is 47.4 Å². The van der Waals surface area contributed by atoms with Crippen LogP contribution in [-0.2, 0) is 14.8 Å². The lowest BCUT2D eigenvalue weighted by atomic mass is 10.2. The molecule has 0 saturated heterocycles. The maximum absolute atomic E-state index is 12.7. The van der Waals surface area contributed by atoms with Crippen LogP contribution in [-0.4, -0.2) is 29.0 Å². The maximum Gasteiger partial charge on any atom is 0.273 e. The molecule has 2 aromatic carbocycles. The van der Waals surface area contributed by atoms with E-state index in [4.69, 9.17) is 11.6 Å². The average Bonchev–Trinajstić information content (AvgIpc) is 3.06. The highest BCUT2D eigenvalue weighted by atomic mass is 35.5. The van der Waals surface area contributed by atoms with E-state index >= 15 is 0 Å². The number of aromatic nitrogens is 2. The Morgan fingerprint density at radius 3 is 2.42 bits per heavy atom. The summed E-state index contributed by atoms with van der Waals surface area (Å²) in [4.78, 5) is 22.9. The Kier molecular flexibility index (Phi) is 6.75. The summed E-state index contributed by atoms with van der Waals surface area (Å²) in [5.74, 6) is -0.344. The van der Waals surface area contributed by atoms with Crippen molar-refractivity contribution in [2.75, 3.05) is 10.0 Å². The Labute approximate surface area is 195 Å². The number of sulfonamides is 1. The van der Waals surface area contributed by atoms with Crippen molar-refractivity contribution in [1.29, 1.82) is 0 Å². The normalized spacial score (nSPS) is 12.3. The molecule has 1 heterocycles. The fraction of sp³-hybridized carbons (Fsp3) is 0.238. The summed E-state index contributed by atoms with van der Waals surface area (Å²) >= 11 is 6.26. The van der Waals surface area contributed by atoms with Gasteiger partial charge in [-0.15, -0.1) is 0 Å². The second kappa shape index (κ2) is 9.20. The molecule has 12 heteroatoms. The molecule has 0 radical (unpaired) electrons. The monoisotopic (exact) mass is 491 g/mol. The number of amides is 1. The summed E-state index contributed by atoms with van der Waals surface area (Å²) in [6.45, 7) is 6.90. The molecule has 0 unspecified atom stereocenters. The molecule has 0 aliphatic carbocycles. The number of nitro groups is 1. The second-order valence-electron chi connectivity index (χ2n) is 7.54. The molecule has 0 fully saturated rings. The van der Waals surface area contributed by atoms with Crippen molar-refractivity contribution in [1.82, 2.24) is 9.78 Å². The van der Waals surface area contributed by atoms with E-state index in [-0.39, 0.29) is 27.2 Å². The third-order valence-electron chi connectivity index (χ3n) is 4.96. The number of rotatable bonds is 7. The van der Waals surface area contributed by atoms with Crippen molar-refractivity contribution < 1.29 is 18.1 Å². The molecule has 0 bridgehead atoms. The summed E-state index contributed by atoms with van der Waals surface area (Å²) in [6.07, 6.45) is 0. The number of carbonyl (C=O) groups is 1. The van der Waals surface area contributed by atoms with Crippen molar-refractivity contribution in [2.45, 2.75) is 38.6 Å². The molecule has 3 rings (SSSR count). The number of aryl methyl sites for hydroxylation is 3. The SMILES string of the molecule is Cc1cc(C)n([C@H](C)C(=O)Nc2ccc(NS(=O)(=O)c3ccc(C)c([N+](=O)[O-])c3)cc2Cl)n1. The molecule has 174 valence electrons. The number of anilines is 2. The molecular formula is C21H22ClN5O5S. The van der Waals surface area contributed by atoms with Crippen LogP contribution in [0.2, 0.25) is 5.02 Å². The van der Waals surface area contributed by atoms with Crippen LogP contribution in [0.25, 0.3) is 0 Å². The largest absolute Gasteiger partial charge is 0.323 e. The lowest BCUT2D eigenvalue weighted by Crippen LogP contribution is -2.25. The standard InChI is InChI=1S/C21H22ClN5O5S/c1-12-5-7-17(11-20(12)27(29)30)33(31,32)25-16-6-8-19(18(22)10-16)23-21(28)15(4)26-14(3)9-13(2)24-26/h5-11,15,25H,1-4H3,(H,23,28)/t15-/m1/s1. The predicted molar refractivity (Wildman–Crippen MR) is 125 cm³/mol. The van der Waals surface area contributed by atoms with Crippen LogP contribution >= 0.6 is 11.6 Å². The highest BCUT2D eigenvalue weighted by Gasteiger charge is 2.22. The molecule has 1 aromatic heterocycles. The van der Waals surface area contributed by atoms with Crippen LogP contribution in [0.4, 0.5) is 17.1 Å². The van der Waals surface area contributed by atoms with E-state index in [2.05, 4.69) is 15.1 Å². The Hall–Kier alpha value is -3.44. The van der Waals surface area contributed by atoms with E-state index in [1.54, 1.807) is 11.6 Å². The van der Waals surface area contributed by atoms with E-state index in [0.29, 0.717) is 11.3 Å². The van der Waals surface area contributed by atoms with Gasteiger partial charge in [-0.2, -0.15) is 5.10 Å². The van der Waals surface area contributed by atoms with Crippen LogP contribution in [0.1, 0.15) is 29.9 Å². The van der Waals surface area contributed by atoms with Gasteiger partial charge < -0.3 is 5.32 Å². The van der Waals surface area contributed by atoms with Gasteiger partial charge in [0, 0.05) is 17.3 Å². The number of nitrogens with zero attached hydrogens (tertiary/aromatic N) is 3. The Morgan fingerprint density at radius 2 is 1.85 bits per heavy atom. The van der Waals surface area contributed by atoms with Gasteiger partial charge in [-0.25, -0.2) is 8.42 Å². The first-order valence-corrected chi connectivity index (χ1v) is 11.7. The second-order valence-corrected chi connectivity index (χ2v) is 9.63. The summed E-state index contributed by atoms with van der Waals surface area (Å²) < 4.78 is 29.3. The van der Waals surface area contributed by atoms with Gasteiger partial charge in [0.2, 0.25) is 5.91 Å². The van der Waals surface area contributed by atoms with Gasteiger partial charge in [-0.3, -0.25) is 24.3 Å². The molecule has 0 aliphatic heterocycles. The Balaban J connectivity index is 1.78. The number of halogens is 1. The van der Waals surface area contributed by atoms with Gasteiger partial charge in [-0.05, 0) is 58.0 Å². The predicted octanol–water partition coefficient (Wildman–Crippen LogP) is 4.37. The van der Waals surface area contributed by atoms with Crippen molar-refractivity contribution in [3.8, 4) is 0 Å². The summed E-state index contributed by atoms with van der Waals surface area (Å²) in [5, 5.41) is 18.2. The van der Waals surface area contributed by atoms with Crippen molar-refractivity contribution in [3.05, 3.63) is 74.6 Å². The molecule has 0 spiro atoms. The van der Waals surface area contributed by atoms with E-state index in [1.807, 2.05) is 19.9 Å².